The highest BCUT2D eigenvalue weighted by Crippen LogP contribution is 2.33. The number of aliphatic imine (C=N–C) groups is 1. The van der Waals surface area contributed by atoms with Gasteiger partial charge in [0.05, 0.1) is 6.04 Å². The average Bonchev–Trinajstić information content (AvgIpc) is 2.59. The lowest BCUT2D eigenvalue weighted by molar-refractivity contribution is 0.925. The molecule has 1 aliphatic heterocycles. The molecule has 0 aliphatic carbocycles. The van der Waals surface area contributed by atoms with Gasteiger partial charge in [0.2, 0.25) is 0 Å². The molecule has 1 heterocycles. The summed E-state index contributed by atoms with van der Waals surface area (Å²) < 4.78 is 1.05. The summed E-state index contributed by atoms with van der Waals surface area (Å²) in [5.41, 5.74) is 3.33. The normalized spacial score (nSPS) is 17.6. The van der Waals surface area contributed by atoms with Crippen molar-refractivity contribution in [2.45, 2.75) is 6.04 Å². The van der Waals surface area contributed by atoms with E-state index in [9.17, 15) is 0 Å². The summed E-state index contributed by atoms with van der Waals surface area (Å²) in [7, 11) is 0. The SMILES string of the molecule is Clc1ccc2c(c1)C=NC(c1ccccc1)C=C2Br. The Morgan fingerprint density at radius 3 is 2.63 bits per heavy atom. The minimum absolute atomic E-state index is 0.0294. The number of halogens is 2. The van der Waals surface area contributed by atoms with Crippen molar-refractivity contribution >= 4 is 38.2 Å². The zero-order valence-corrected chi connectivity index (χ0v) is 12.4. The standard InChI is InChI=1S/C16H11BrClN/c17-15-9-16(11-4-2-1-3-5-11)19-10-12-8-13(18)6-7-14(12)15/h1-10,16H. The van der Waals surface area contributed by atoms with Gasteiger partial charge < -0.3 is 0 Å². The highest BCUT2D eigenvalue weighted by molar-refractivity contribution is 9.15. The molecule has 0 bridgehead atoms. The van der Waals surface area contributed by atoms with Gasteiger partial charge in [0.15, 0.2) is 0 Å². The van der Waals surface area contributed by atoms with Crippen molar-refractivity contribution in [3.63, 3.8) is 0 Å². The van der Waals surface area contributed by atoms with Crippen molar-refractivity contribution in [1.29, 1.82) is 0 Å². The molecule has 3 heteroatoms. The molecular weight excluding hydrogens is 322 g/mol. The fourth-order valence-electron chi connectivity index (χ4n) is 2.12. The van der Waals surface area contributed by atoms with Gasteiger partial charge in [-0.05, 0) is 29.3 Å². The fraction of sp³-hybridized carbons (Fsp3) is 0.0625. The first-order valence-electron chi connectivity index (χ1n) is 5.99. The molecule has 2 aromatic carbocycles. The highest BCUT2D eigenvalue weighted by atomic mass is 79.9. The molecule has 1 atom stereocenters. The summed E-state index contributed by atoms with van der Waals surface area (Å²) >= 11 is 9.67. The molecule has 94 valence electrons. The maximum atomic E-state index is 6.03. The third-order valence-corrected chi connectivity index (χ3v) is 4.02. The van der Waals surface area contributed by atoms with Crippen LogP contribution in [0, 0.1) is 0 Å². The number of hydrogen-bond donors (Lipinski definition) is 0. The maximum Gasteiger partial charge on any atom is 0.0944 e. The van der Waals surface area contributed by atoms with Crippen molar-refractivity contribution < 1.29 is 0 Å². The summed E-state index contributed by atoms with van der Waals surface area (Å²) in [5, 5.41) is 0.726. The lowest BCUT2D eigenvalue weighted by atomic mass is 10.1. The Balaban J connectivity index is 2.07. The van der Waals surface area contributed by atoms with Crippen LogP contribution in [0.5, 0.6) is 0 Å². The molecule has 0 spiro atoms. The lowest BCUT2D eigenvalue weighted by Gasteiger charge is -2.07. The van der Waals surface area contributed by atoms with Crippen molar-refractivity contribution in [3.05, 3.63) is 76.3 Å². The molecule has 0 N–H and O–H groups in total. The third-order valence-electron chi connectivity index (χ3n) is 3.09. The maximum absolute atomic E-state index is 6.03. The molecule has 1 aliphatic rings. The number of hydrogen-bond acceptors (Lipinski definition) is 1. The van der Waals surface area contributed by atoms with Crippen LogP contribution in [0.3, 0.4) is 0 Å². The highest BCUT2D eigenvalue weighted by Gasteiger charge is 2.14. The molecular formula is C16H11BrClN. The zero-order chi connectivity index (χ0) is 13.2. The van der Waals surface area contributed by atoms with E-state index in [1.54, 1.807) is 0 Å². The molecule has 0 amide bonds. The summed E-state index contributed by atoms with van der Waals surface area (Å²) in [4.78, 5) is 4.64. The molecule has 3 rings (SSSR count). The van der Waals surface area contributed by atoms with Crippen molar-refractivity contribution in [2.24, 2.45) is 4.99 Å². The van der Waals surface area contributed by atoms with Crippen molar-refractivity contribution in [2.75, 3.05) is 0 Å². The van der Waals surface area contributed by atoms with Crippen LogP contribution in [0.1, 0.15) is 22.7 Å². The number of benzene rings is 2. The van der Waals surface area contributed by atoms with Gasteiger partial charge in [0.25, 0.3) is 0 Å². The monoisotopic (exact) mass is 331 g/mol. The summed E-state index contributed by atoms with van der Waals surface area (Å²) in [6, 6.07) is 16.1. The van der Waals surface area contributed by atoms with E-state index in [0.29, 0.717) is 0 Å². The van der Waals surface area contributed by atoms with Gasteiger partial charge in [0, 0.05) is 21.3 Å². The number of fused-ring (bicyclic) bond motifs is 1. The summed E-state index contributed by atoms with van der Waals surface area (Å²) in [6.07, 6.45) is 4.01. The van der Waals surface area contributed by atoms with E-state index in [0.717, 1.165) is 20.6 Å². The van der Waals surface area contributed by atoms with E-state index >= 15 is 0 Å². The molecule has 0 saturated carbocycles. The molecule has 0 aromatic heterocycles. The second-order valence-electron chi connectivity index (χ2n) is 4.38. The lowest BCUT2D eigenvalue weighted by Crippen LogP contribution is -1.90. The van der Waals surface area contributed by atoms with Gasteiger partial charge in [-0.3, -0.25) is 4.99 Å². The van der Waals surface area contributed by atoms with Crippen LogP contribution < -0.4 is 0 Å². The van der Waals surface area contributed by atoms with E-state index in [1.165, 1.54) is 5.56 Å². The second kappa shape index (κ2) is 5.32. The Kier molecular flexibility index (Phi) is 3.54. The van der Waals surface area contributed by atoms with Crippen LogP contribution in [0.2, 0.25) is 5.02 Å². The third kappa shape index (κ3) is 2.65. The molecule has 0 fully saturated rings. The topological polar surface area (TPSA) is 12.4 Å². The van der Waals surface area contributed by atoms with Gasteiger partial charge in [-0.1, -0.05) is 63.9 Å². The first-order chi connectivity index (χ1) is 9.24. The zero-order valence-electron chi connectivity index (χ0n) is 10.1. The minimum atomic E-state index is 0.0294. The minimum Gasteiger partial charge on any atom is -0.280 e. The first-order valence-corrected chi connectivity index (χ1v) is 7.16. The van der Waals surface area contributed by atoms with Crippen LogP contribution >= 0.6 is 27.5 Å². The van der Waals surface area contributed by atoms with E-state index in [-0.39, 0.29) is 6.04 Å². The molecule has 0 saturated heterocycles. The van der Waals surface area contributed by atoms with Crippen LogP contribution in [0.15, 0.2) is 59.6 Å². The largest absolute Gasteiger partial charge is 0.280 e. The quantitative estimate of drug-likeness (QED) is 0.676. The second-order valence-corrected chi connectivity index (χ2v) is 5.67. The smallest absolute Gasteiger partial charge is 0.0944 e. The van der Waals surface area contributed by atoms with E-state index in [1.807, 2.05) is 42.6 Å². The Morgan fingerprint density at radius 2 is 1.84 bits per heavy atom. The van der Waals surface area contributed by atoms with Crippen LogP contribution in [-0.2, 0) is 0 Å². The Labute approximate surface area is 125 Å². The Hall–Kier alpha value is -1.38. The molecule has 1 unspecified atom stereocenters. The van der Waals surface area contributed by atoms with E-state index < -0.39 is 0 Å². The number of nitrogens with zero attached hydrogens (tertiary/aromatic N) is 1. The van der Waals surface area contributed by atoms with Gasteiger partial charge in [0.1, 0.15) is 0 Å². The Morgan fingerprint density at radius 1 is 1.05 bits per heavy atom. The van der Waals surface area contributed by atoms with Crippen molar-refractivity contribution in [3.8, 4) is 0 Å². The number of rotatable bonds is 1. The summed E-state index contributed by atoms with van der Waals surface area (Å²) in [6.45, 7) is 0. The van der Waals surface area contributed by atoms with Crippen LogP contribution in [-0.4, -0.2) is 6.21 Å². The molecule has 0 radical (unpaired) electrons. The van der Waals surface area contributed by atoms with Gasteiger partial charge in [-0.25, -0.2) is 0 Å². The van der Waals surface area contributed by atoms with Gasteiger partial charge >= 0.3 is 0 Å². The van der Waals surface area contributed by atoms with Crippen LogP contribution in [0.25, 0.3) is 4.48 Å². The van der Waals surface area contributed by atoms with Gasteiger partial charge in [-0.15, -0.1) is 0 Å². The predicted molar refractivity (Wildman–Crippen MR) is 85.1 cm³/mol. The molecule has 2 aromatic rings. The summed E-state index contributed by atoms with van der Waals surface area (Å²) in [5.74, 6) is 0. The van der Waals surface area contributed by atoms with Crippen molar-refractivity contribution in [1.82, 2.24) is 0 Å². The average molecular weight is 333 g/mol. The first kappa shape index (κ1) is 12.6. The van der Waals surface area contributed by atoms with Crippen LogP contribution in [0.4, 0.5) is 0 Å². The van der Waals surface area contributed by atoms with E-state index in [4.69, 9.17) is 11.6 Å². The predicted octanol–water partition coefficient (Wildman–Crippen LogP) is 5.25. The van der Waals surface area contributed by atoms with E-state index in [2.05, 4.69) is 39.1 Å². The van der Waals surface area contributed by atoms with Gasteiger partial charge in [-0.2, -0.15) is 0 Å². The fourth-order valence-corrected chi connectivity index (χ4v) is 2.91. The molecule has 19 heavy (non-hydrogen) atoms. The molecule has 1 nitrogen and oxygen atoms in total. The Bertz CT molecular complexity index is 662.